The largest absolute Gasteiger partial charge is 0.481 e. The number of fused-ring (bicyclic) bond motifs is 1. The van der Waals surface area contributed by atoms with Crippen LogP contribution in [-0.2, 0) is 4.79 Å². The third-order valence-corrected chi connectivity index (χ3v) is 5.91. The van der Waals surface area contributed by atoms with Gasteiger partial charge >= 0.3 is 5.97 Å². The molecule has 122 valence electrons. The molecule has 25 heavy (non-hydrogen) atoms. The third kappa shape index (κ3) is 1.94. The van der Waals surface area contributed by atoms with Crippen LogP contribution in [0.4, 0.5) is 0 Å². The van der Waals surface area contributed by atoms with E-state index in [1.54, 1.807) is 0 Å². The second-order valence-electron chi connectivity index (χ2n) is 7.01. The van der Waals surface area contributed by atoms with Crippen LogP contribution >= 0.6 is 0 Å². The Hall–Kier alpha value is -2.87. The second-order valence-corrected chi connectivity index (χ2v) is 7.01. The molecule has 0 aromatic heterocycles. The summed E-state index contributed by atoms with van der Waals surface area (Å²) in [7, 11) is 0. The number of benzene rings is 3. The molecule has 0 unspecified atom stereocenters. The van der Waals surface area contributed by atoms with Gasteiger partial charge in [-0.2, -0.15) is 0 Å². The van der Waals surface area contributed by atoms with Crippen molar-refractivity contribution in [3.05, 3.63) is 107 Å². The van der Waals surface area contributed by atoms with Crippen LogP contribution in [-0.4, -0.2) is 11.1 Å². The van der Waals surface area contributed by atoms with E-state index in [0.717, 1.165) is 5.56 Å². The van der Waals surface area contributed by atoms with Crippen molar-refractivity contribution in [1.82, 2.24) is 0 Å². The van der Waals surface area contributed by atoms with Crippen molar-refractivity contribution in [2.45, 2.75) is 17.8 Å². The number of rotatable bonds is 2. The van der Waals surface area contributed by atoms with Gasteiger partial charge in [0, 0.05) is 17.8 Å². The molecule has 0 saturated carbocycles. The summed E-state index contributed by atoms with van der Waals surface area (Å²) < 4.78 is 0. The highest BCUT2D eigenvalue weighted by Crippen LogP contribution is 2.61. The van der Waals surface area contributed by atoms with E-state index in [1.165, 1.54) is 22.3 Å². The van der Waals surface area contributed by atoms with Crippen molar-refractivity contribution >= 4 is 5.97 Å². The fraction of sp³-hybridized carbons (Fsp3) is 0.174. The lowest BCUT2D eigenvalue weighted by atomic mass is 9.53. The van der Waals surface area contributed by atoms with Gasteiger partial charge in [0.1, 0.15) is 0 Å². The van der Waals surface area contributed by atoms with Gasteiger partial charge in [0.15, 0.2) is 0 Å². The topological polar surface area (TPSA) is 37.3 Å². The molecule has 3 aliphatic rings. The summed E-state index contributed by atoms with van der Waals surface area (Å²) in [5.41, 5.74) is 6.07. The summed E-state index contributed by atoms with van der Waals surface area (Å²) in [6, 6.07) is 26.9. The van der Waals surface area contributed by atoms with Crippen molar-refractivity contribution in [3.8, 4) is 0 Å². The lowest BCUT2D eigenvalue weighted by molar-refractivity contribution is -0.143. The summed E-state index contributed by atoms with van der Waals surface area (Å²) in [6.07, 6.45) is 0. The molecule has 3 aliphatic carbocycles. The van der Waals surface area contributed by atoms with Crippen molar-refractivity contribution in [1.29, 1.82) is 0 Å². The number of carboxylic acids is 1. The van der Waals surface area contributed by atoms with Gasteiger partial charge in [-0.1, -0.05) is 78.9 Å². The molecule has 3 aromatic rings. The standard InChI is InChI=1S/C23H18O2/c24-23(25)22-19(14-8-2-1-3-9-14)20-15-10-4-6-12-17(15)21(22)18-13-7-5-11-16(18)20/h1-13,19-22H,(H,24,25)/t19-,20?,21?,22+/m1/s1. The maximum atomic E-state index is 12.3. The average Bonchev–Trinajstić information content (AvgIpc) is 2.68. The van der Waals surface area contributed by atoms with Gasteiger partial charge in [0.2, 0.25) is 0 Å². The van der Waals surface area contributed by atoms with Gasteiger partial charge < -0.3 is 5.11 Å². The van der Waals surface area contributed by atoms with E-state index in [0.29, 0.717) is 0 Å². The second kappa shape index (κ2) is 5.32. The fourth-order valence-electron chi connectivity index (χ4n) is 5.05. The van der Waals surface area contributed by atoms with Crippen LogP contribution in [0.1, 0.15) is 45.6 Å². The first-order valence-electron chi connectivity index (χ1n) is 8.73. The smallest absolute Gasteiger partial charge is 0.308 e. The van der Waals surface area contributed by atoms with Crippen molar-refractivity contribution in [2.24, 2.45) is 5.92 Å². The van der Waals surface area contributed by atoms with E-state index in [9.17, 15) is 9.90 Å². The maximum Gasteiger partial charge on any atom is 0.308 e. The SMILES string of the molecule is O=C(O)[C@@H]1C2c3ccccc3C(c3ccccc32)[C@H]1c1ccccc1. The Morgan fingerprint density at radius 1 is 0.640 bits per heavy atom. The molecule has 2 atom stereocenters. The minimum absolute atomic E-state index is 0.0338. The predicted molar refractivity (Wildman–Crippen MR) is 96.9 cm³/mol. The van der Waals surface area contributed by atoms with Gasteiger partial charge in [0.25, 0.3) is 0 Å². The van der Waals surface area contributed by atoms with E-state index in [-0.39, 0.29) is 17.8 Å². The highest BCUT2D eigenvalue weighted by Gasteiger charge is 2.52. The van der Waals surface area contributed by atoms with Crippen LogP contribution in [0.2, 0.25) is 0 Å². The molecule has 2 heteroatoms. The third-order valence-electron chi connectivity index (χ3n) is 5.91. The Kier molecular flexibility index (Phi) is 3.08. The molecule has 6 rings (SSSR count). The predicted octanol–water partition coefficient (Wildman–Crippen LogP) is 4.76. The zero-order chi connectivity index (χ0) is 17.0. The van der Waals surface area contributed by atoms with Crippen molar-refractivity contribution in [2.75, 3.05) is 0 Å². The van der Waals surface area contributed by atoms with Gasteiger partial charge in [-0.3, -0.25) is 4.79 Å². The minimum atomic E-state index is -0.701. The first kappa shape index (κ1) is 14.5. The monoisotopic (exact) mass is 326 g/mol. The zero-order valence-electron chi connectivity index (χ0n) is 13.7. The fourth-order valence-corrected chi connectivity index (χ4v) is 5.05. The molecule has 0 fully saturated rings. The summed E-state index contributed by atoms with van der Waals surface area (Å²) >= 11 is 0. The highest BCUT2D eigenvalue weighted by atomic mass is 16.4. The van der Waals surface area contributed by atoms with E-state index < -0.39 is 11.9 Å². The molecule has 2 nitrogen and oxygen atoms in total. The number of carbonyl (C=O) groups is 1. The Labute approximate surface area is 146 Å². The molecule has 0 radical (unpaired) electrons. The van der Waals surface area contributed by atoms with Crippen LogP contribution in [0.15, 0.2) is 78.9 Å². The lowest BCUT2D eigenvalue weighted by Crippen LogP contribution is -2.42. The lowest BCUT2D eigenvalue weighted by Gasteiger charge is -2.49. The molecule has 3 aromatic carbocycles. The number of aliphatic carboxylic acids is 1. The van der Waals surface area contributed by atoms with Crippen LogP contribution in [0.3, 0.4) is 0 Å². The van der Waals surface area contributed by atoms with Gasteiger partial charge in [0.05, 0.1) is 5.92 Å². The summed E-state index contributed by atoms with van der Waals surface area (Å²) in [5, 5.41) is 10.1. The Bertz CT molecular complexity index is 913. The normalized spacial score (nSPS) is 25.9. The Morgan fingerprint density at radius 3 is 1.56 bits per heavy atom. The number of carboxylic acid groups (broad SMARTS) is 1. The van der Waals surface area contributed by atoms with Crippen LogP contribution < -0.4 is 0 Å². The summed E-state index contributed by atoms with van der Waals surface area (Å²) in [4.78, 5) is 12.3. The first-order chi connectivity index (χ1) is 12.3. The van der Waals surface area contributed by atoms with Gasteiger partial charge in [-0.15, -0.1) is 0 Å². The van der Waals surface area contributed by atoms with Crippen LogP contribution in [0.25, 0.3) is 0 Å². The molecule has 2 bridgehead atoms. The highest BCUT2D eigenvalue weighted by molar-refractivity contribution is 5.78. The summed E-state index contributed by atoms with van der Waals surface area (Å²) in [6.45, 7) is 0. The van der Waals surface area contributed by atoms with E-state index in [4.69, 9.17) is 0 Å². The maximum absolute atomic E-state index is 12.3. The molecular formula is C23H18O2. The Morgan fingerprint density at radius 2 is 1.08 bits per heavy atom. The van der Waals surface area contributed by atoms with E-state index >= 15 is 0 Å². The van der Waals surface area contributed by atoms with Crippen molar-refractivity contribution < 1.29 is 9.90 Å². The van der Waals surface area contributed by atoms with E-state index in [2.05, 4.69) is 48.5 Å². The van der Waals surface area contributed by atoms with Gasteiger partial charge in [-0.25, -0.2) is 0 Å². The van der Waals surface area contributed by atoms with Gasteiger partial charge in [-0.05, 0) is 27.8 Å². The number of hydrogen-bond donors (Lipinski definition) is 1. The summed E-state index contributed by atoms with van der Waals surface area (Å²) in [5.74, 6) is -1.15. The first-order valence-corrected chi connectivity index (χ1v) is 8.73. The molecular weight excluding hydrogens is 308 g/mol. The molecule has 0 spiro atoms. The van der Waals surface area contributed by atoms with E-state index in [1.807, 2.05) is 30.3 Å². The average molecular weight is 326 g/mol. The molecule has 0 heterocycles. The van der Waals surface area contributed by atoms with Crippen LogP contribution in [0, 0.1) is 5.92 Å². The zero-order valence-corrected chi connectivity index (χ0v) is 13.7. The molecule has 0 amide bonds. The van der Waals surface area contributed by atoms with Crippen LogP contribution in [0.5, 0.6) is 0 Å². The Balaban J connectivity index is 1.83. The molecule has 1 N–H and O–H groups in total. The quantitative estimate of drug-likeness (QED) is 0.737. The molecule has 0 aliphatic heterocycles. The minimum Gasteiger partial charge on any atom is -0.481 e. The number of hydrogen-bond acceptors (Lipinski definition) is 1. The molecule has 0 saturated heterocycles. The van der Waals surface area contributed by atoms with Crippen molar-refractivity contribution in [3.63, 3.8) is 0 Å².